The molecule has 2 N–H and O–H groups in total. The van der Waals surface area contributed by atoms with Gasteiger partial charge in [0.1, 0.15) is 0 Å². The average molecular weight is 258 g/mol. The minimum atomic E-state index is 0.365. The molecule has 104 valence electrons. The lowest BCUT2D eigenvalue weighted by Gasteiger charge is -2.40. The van der Waals surface area contributed by atoms with Crippen LogP contribution in [0.15, 0.2) is 30.3 Å². The molecule has 0 radical (unpaired) electrons. The molecule has 19 heavy (non-hydrogen) atoms. The topological polar surface area (TPSA) is 29.3 Å². The predicted octanol–water partition coefficient (Wildman–Crippen LogP) is 2.99. The average Bonchev–Trinajstić information content (AvgIpc) is 3.24. The lowest BCUT2D eigenvalue weighted by molar-refractivity contribution is 0.152. The van der Waals surface area contributed by atoms with Crippen molar-refractivity contribution in [3.8, 4) is 0 Å². The fraction of sp³-hybridized carbons (Fsp3) is 0.647. The van der Waals surface area contributed by atoms with Crippen molar-refractivity contribution < 1.29 is 0 Å². The highest BCUT2D eigenvalue weighted by Crippen LogP contribution is 2.36. The summed E-state index contributed by atoms with van der Waals surface area (Å²) in [5, 5.41) is 0. The van der Waals surface area contributed by atoms with E-state index in [9.17, 15) is 0 Å². The van der Waals surface area contributed by atoms with Crippen molar-refractivity contribution >= 4 is 0 Å². The third-order valence-electron chi connectivity index (χ3n) is 4.95. The highest BCUT2D eigenvalue weighted by atomic mass is 15.2. The summed E-state index contributed by atoms with van der Waals surface area (Å²) in [6.07, 6.45) is 6.50. The van der Waals surface area contributed by atoms with Gasteiger partial charge in [0.2, 0.25) is 0 Å². The van der Waals surface area contributed by atoms with E-state index in [2.05, 4.69) is 42.3 Å². The van der Waals surface area contributed by atoms with Gasteiger partial charge in [0.15, 0.2) is 0 Å². The highest BCUT2D eigenvalue weighted by Gasteiger charge is 2.33. The third-order valence-corrected chi connectivity index (χ3v) is 4.95. The lowest BCUT2D eigenvalue weighted by Crippen LogP contribution is -2.49. The van der Waals surface area contributed by atoms with Gasteiger partial charge in [0.05, 0.1) is 0 Å². The second-order valence-electron chi connectivity index (χ2n) is 6.53. The number of rotatable bonds is 4. The SMILES string of the molecule is CN(CC1CC1)C1CC(c2ccccc2)CCC1N. The maximum absolute atomic E-state index is 6.37. The van der Waals surface area contributed by atoms with Crippen molar-refractivity contribution in [3.63, 3.8) is 0 Å². The number of benzene rings is 1. The van der Waals surface area contributed by atoms with Crippen molar-refractivity contribution in [1.29, 1.82) is 0 Å². The zero-order valence-corrected chi connectivity index (χ0v) is 12.0. The van der Waals surface area contributed by atoms with Gasteiger partial charge in [-0.2, -0.15) is 0 Å². The summed E-state index contributed by atoms with van der Waals surface area (Å²) in [6.45, 7) is 1.25. The van der Waals surface area contributed by atoms with E-state index in [1.54, 1.807) is 0 Å². The van der Waals surface area contributed by atoms with E-state index in [4.69, 9.17) is 5.73 Å². The molecule has 1 aromatic carbocycles. The van der Waals surface area contributed by atoms with Crippen LogP contribution >= 0.6 is 0 Å². The Morgan fingerprint density at radius 2 is 1.84 bits per heavy atom. The van der Waals surface area contributed by atoms with Gasteiger partial charge in [0, 0.05) is 18.6 Å². The molecule has 0 amide bonds. The summed E-state index contributed by atoms with van der Waals surface area (Å²) in [4.78, 5) is 2.54. The van der Waals surface area contributed by atoms with Crippen LogP contribution < -0.4 is 5.73 Å². The Kier molecular flexibility index (Phi) is 3.90. The van der Waals surface area contributed by atoms with Gasteiger partial charge in [0.25, 0.3) is 0 Å². The van der Waals surface area contributed by atoms with Gasteiger partial charge in [-0.25, -0.2) is 0 Å². The van der Waals surface area contributed by atoms with E-state index >= 15 is 0 Å². The van der Waals surface area contributed by atoms with Crippen LogP contribution in [-0.2, 0) is 0 Å². The lowest BCUT2D eigenvalue weighted by atomic mass is 9.78. The molecule has 0 saturated heterocycles. The molecule has 2 aliphatic rings. The van der Waals surface area contributed by atoms with E-state index in [0.717, 1.165) is 5.92 Å². The summed E-state index contributed by atoms with van der Waals surface area (Å²) in [7, 11) is 2.27. The molecule has 2 saturated carbocycles. The summed E-state index contributed by atoms with van der Waals surface area (Å²) < 4.78 is 0. The molecule has 0 heterocycles. The molecular weight excluding hydrogens is 232 g/mol. The van der Waals surface area contributed by atoms with E-state index in [0.29, 0.717) is 18.0 Å². The Balaban J connectivity index is 1.66. The standard InChI is InChI=1S/C17H26N2/c1-19(12-13-7-8-13)17-11-15(9-10-16(17)18)14-5-3-2-4-6-14/h2-6,13,15-17H,7-12,18H2,1H3. The molecule has 2 nitrogen and oxygen atoms in total. The first-order valence-corrected chi connectivity index (χ1v) is 7.75. The second-order valence-corrected chi connectivity index (χ2v) is 6.53. The molecule has 2 heteroatoms. The summed E-state index contributed by atoms with van der Waals surface area (Å²) in [5.74, 6) is 1.65. The molecule has 2 fully saturated rings. The normalized spacial score (nSPS) is 31.6. The number of hydrogen-bond acceptors (Lipinski definition) is 2. The van der Waals surface area contributed by atoms with Crippen molar-refractivity contribution in [1.82, 2.24) is 4.90 Å². The molecular formula is C17H26N2. The second kappa shape index (κ2) is 5.64. The molecule has 0 aliphatic heterocycles. The van der Waals surface area contributed by atoms with E-state index in [-0.39, 0.29) is 0 Å². The third kappa shape index (κ3) is 3.18. The van der Waals surface area contributed by atoms with Gasteiger partial charge < -0.3 is 10.6 Å². The Morgan fingerprint density at radius 1 is 1.11 bits per heavy atom. The first-order valence-electron chi connectivity index (χ1n) is 7.75. The van der Waals surface area contributed by atoms with Crippen LogP contribution in [-0.4, -0.2) is 30.6 Å². The number of nitrogens with two attached hydrogens (primary N) is 1. The zero-order valence-electron chi connectivity index (χ0n) is 12.0. The zero-order chi connectivity index (χ0) is 13.2. The smallest absolute Gasteiger partial charge is 0.0250 e. The predicted molar refractivity (Wildman–Crippen MR) is 80.2 cm³/mol. The van der Waals surface area contributed by atoms with E-state index in [1.807, 2.05) is 0 Å². The Labute approximate surface area is 117 Å². The largest absolute Gasteiger partial charge is 0.326 e. The minimum Gasteiger partial charge on any atom is -0.326 e. The molecule has 0 bridgehead atoms. The Morgan fingerprint density at radius 3 is 2.53 bits per heavy atom. The van der Waals surface area contributed by atoms with E-state index in [1.165, 1.54) is 44.2 Å². The maximum atomic E-state index is 6.37. The molecule has 0 spiro atoms. The molecule has 2 aliphatic carbocycles. The fourth-order valence-electron chi connectivity index (χ4n) is 3.55. The van der Waals surface area contributed by atoms with Gasteiger partial charge in [-0.3, -0.25) is 0 Å². The molecule has 3 rings (SSSR count). The van der Waals surface area contributed by atoms with Crippen molar-refractivity contribution in [2.45, 2.75) is 50.1 Å². The number of likely N-dealkylation sites (N-methyl/N-ethyl adjacent to an activating group) is 1. The van der Waals surface area contributed by atoms with Crippen LogP contribution in [0.2, 0.25) is 0 Å². The molecule has 3 unspecified atom stereocenters. The summed E-state index contributed by atoms with van der Waals surface area (Å²) in [6, 6.07) is 11.9. The van der Waals surface area contributed by atoms with E-state index < -0.39 is 0 Å². The Hall–Kier alpha value is -0.860. The fourth-order valence-corrected chi connectivity index (χ4v) is 3.55. The molecule has 0 aromatic heterocycles. The van der Waals surface area contributed by atoms with Crippen LogP contribution in [0, 0.1) is 5.92 Å². The van der Waals surface area contributed by atoms with Crippen LogP contribution in [0.5, 0.6) is 0 Å². The first-order chi connectivity index (χ1) is 9.24. The van der Waals surface area contributed by atoms with Crippen molar-refractivity contribution in [2.75, 3.05) is 13.6 Å². The minimum absolute atomic E-state index is 0.365. The van der Waals surface area contributed by atoms with Crippen molar-refractivity contribution in [3.05, 3.63) is 35.9 Å². The summed E-state index contributed by atoms with van der Waals surface area (Å²) >= 11 is 0. The monoisotopic (exact) mass is 258 g/mol. The highest BCUT2D eigenvalue weighted by molar-refractivity contribution is 5.21. The van der Waals surface area contributed by atoms with Gasteiger partial charge in [-0.1, -0.05) is 30.3 Å². The summed E-state index contributed by atoms with van der Waals surface area (Å²) in [5.41, 5.74) is 7.87. The number of hydrogen-bond donors (Lipinski definition) is 1. The first kappa shape index (κ1) is 13.1. The van der Waals surface area contributed by atoms with Crippen LogP contribution in [0.25, 0.3) is 0 Å². The van der Waals surface area contributed by atoms with Crippen LogP contribution in [0.4, 0.5) is 0 Å². The van der Waals surface area contributed by atoms with Gasteiger partial charge >= 0.3 is 0 Å². The molecule has 3 atom stereocenters. The molecule has 1 aromatic rings. The van der Waals surface area contributed by atoms with Crippen LogP contribution in [0.3, 0.4) is 0 Å². The van der Waals surface area contributed by atoms with Gasteiger partial charge in [-0.15, -0.1) is 0 Å². The van der Waals surface area contributed by atoms with Crippen LogP contribution in [0.1, 0.15) is 43.6 Å². The maximum Gasteiger partial charge on any atom is 0.0250 e. The van der Waals surface area contributed by atoms with Gasteiger partial charge in [-0.05, 0) is 56.6 Å². The Bertz CT molecular complexity index is 399. The quantitative estimate of drug-likeness (QED) is 0.899. The van der Waals surface area contributed by atoms with Crippen molar-refractivity contribution in [2.24, 2.45) is 11.7 Å². The number of nitrogens with zero attached hydrogens (tertiary/aromatic N) is 1.